The minimum absolute atomic E-state index is 0.0604. The van der Waals surface area contributed by atoms with Crippen LogP contribution >= 0.6 is 11.8 Å². The van der Waals surface area contributed by atoms with Crippen molar-refractivity contribution in [2.24, 2.45) is 4.99 Å². The second kappa shape index (κ2) is 9.57. The first-order valence-corrected chi connectivity index (χ1v) is 9.68. The third-order valence-corrected chi connectivity index (χ3v) is 5.46. The van der Waals surface area contributed by atoms with E-state index in [0.29, 0.717) is 17.4 Å². The predicted molar refractivity (Wildman–Crippen MR) is 103 cm³/mol. The molecule has 0 bridgehead atoms. The summed E-state index contributed by atoms with van der Waals surface area (Å²) in [4.78, 5) is 18.7. The Morgan fingerprint density at radius 1 is 1.33 bits per heavy atom. The number of benzene rings is 1. The van der Waals surface area contributed by atoms with Gasteiger partial charge in [0.05, 0.1) is 6.54 Å². The molecule has 1 saturated heterocycles. The maximum absolute atomic E-state index is 11.6. The number of hydrogen-bond acceptors (Lipinski definition) is 3. The van der Waals surface area contributed by atoms with E-state index in [2.05, 4.69) is 41.1 Å². The van der Waals surface area contributed by atoms with Crippen molar-refractivity contribution in [3.8, 4) is 0 Å². The number of nitrogens with one attached hydrogen (secondary N) is 2. The summed E-state index contributed by atoms with van der Waals surface area (Å²) in [7, 11) is 1.64. The highest BCUT2D eigenvalue weighted by molar-refractivity contribution is 8.00. The van der Waals surface area contributed by atoms with E-state index in [1.807, 2.05) is 24.3 Å². The summed E-state index contributed by atoms with van der Waals surface area (Å²) >= 11 is 2.06. The molecule has 0 radical (unpaired) electrons. The molecule has 2 rings (SSSR count). The van der Waals surface area contributed by atoms with Gasteiger partial charge in [0.2, 0.25) is 0 Å². The molecule has 132 valence electrons. The van der Waals surface area contributed by atoms with Gasteiger partial charge in [-0.1, -0.05) is 19.1 Å². The van der Waals surface area contributed by atoms with Gasteiger partial charge in [-0.05, 0) is 31.0 Å². The summed E-state index contributed by atoms with van der Waals surface area (Å²) in [5.74, 6) is 2.09. The summed E-state index contributed by atoms with van der Waals surface area (Å²) in [5.41, 5.74) is 1.78. The number of thioether (sulfide) groups is 1. The lowest BCUT2D eigenvalue weighted by atomic mass is 10.1. The van der Waals surface area contributed by atoms with Crippen molar-refractivity contribution in [3.05, 3.63) is 35.4 Å². The quantitative estimate of drug-likeness (QED) is 0.633. The lowest BCUT2D eigenvalue weighted by Crippen LogP contribution is -2.48. The Bertz CT molecular complexity index is 559. The van der Waals surface area contributed by atoms with E-state index in [4.69, 9.17) is 4.99 Å². The monoisotopic (exact) mass is 348 g/mol. The largest absolute Gasteiger partial charge is 0.357 e. The van der Waals surface area contributed by atoms with Gasteiger partial charge in [0, 0.05) is 43.2 Å². The third-order valence-electron chi connectivity index (χ3n) is 4.08. The van der Waals surface area contributed by atoms with Crippen LogP contribution in [0.3, 0.4) is 0 Å². The zero-order valence-electron chi connectivity index (χ0n) is 14.8. The fourth-order valence-electron chi connectivity index (χ4n) is 2.66. The lowest BCUT2D eigenvalue weighted by Gasteiger charge is -2.34. The number of guanidine groups is 1. The molecule has 1 atom stereocenters. The van der Waals surface area contributed by atoms with E-state index in [9.17, 15) is 4.79 Å². The molecular weight excluding hydrogens is 320 g/mol. The van der Waals surface area contributed by atoms with Crippen LogP contribution in [0.2, 0.25) is 0 Å². The Hall–Kier alpha value is -1.69. The SMILES string of the molecule is CCNC(=NCc1ccc(C(=O)NC)cc1)N1CCSC(CC)C1. The zero-order chi connectivity index (χ0) is 17.4. The van der Waals surface area contributed by atoms with Gasteiger partial charge in [-0.15, -0.1) is 0 Å². The molecule has 1 heterocycles. The van der Waals surface area contributed by atoms with Crippen LogP contribution in [0.1, 0.15) is 36.2 Å². The highest BCUT2D eigenvalue weighted by Crippen LogP contribution is 2.21. The number of carbonyl (C=O) groups is 1. The zero-order valence-corrected chi connectivity index (χ0v) is 15.7. The normalized spacial score (nSPS) is 18.4. The van der Waals surface area contributed by atoms with E-state index in [-0.39, 0.29) is 5.91 Å². The Balaban J connectivity index is 2.03. The van der Waals surface area contributed by atoms with Crippen molar-refractivity contribution in [1.82, 2.24) is 15.5 Å². The van der Waals surface area contributed by atoms with E-state index in [0.717, 1.165) is 36.9 Å². The average Bonchev–Trinajstić information content (AvgIpc) is 2.65. The van der Waals surface area contributed by atoms with Gasteiger partial charge in [-0.3, -0.25) is 4.79 Å². The molecule has 5 nitrogen and oxygen atoms in total. The highest BCUT2D eigenvalue weighted by Gasteiger charge is 2.21. The molecule has 0 saturated carbocycles. The molecule has 2 N–H and O–H groups in total. The van der Waals surface area contributed by atoms with Crippen molar-refractivity contribution >= 4 is 23.6 Å². The Morgan fingerprint density at radius 2 is 2.08 bits per heavy atom. The summed E-state index contributed by atoms with van der Waals surface area (Å²) in [6, 6.07) is 7.64. The van der Waals surface area contributed by atoms with Crippen LogP contribution in [0.4, 0.5) is 0 Å². The highest BCUT2D eigenvalue weighted by atomic mass is 32.2. The molecule has 24 heavy (non-hydrogen) atoms. The van der Waals surface area contributed by atoms with Crippen LogP contribution in [0.25, 0.3) is 0 Å². The van der Waals surface area contributed by atoms with Crippen molar-refractivity contribution < 1.29 is 4.79 Å². The topological polar surface area (TPSA) is 56.7 Å². The van der Waals surface area contributed by atoms with Crippen LogP contribution in [0.15, 0.2) is 29.3 Å². The lowest BCUT2D eigenvalue weighted by molar-refractivity contribution is 0.0963. The van der Waals surface area contributed by atoms with Crippen molar-refractivity contribution in [2.45, 2.75) is 32.1 Å². The van der Waals surface area contributed by atoms with E-state index >= 15 is 0 Å². The van der Waals surface area contributed by atoms with Gasteiger partial charge in [-0.2, -0.15) is 11.8 Å². The number of carbonyl (C=O) groups excluding carboxylic acids is 1. The molecule has 1 aliphatic rings. The molecule has 1 aromatic rings. The van der Waals surface area contributed by atoms with Crippen LogP contribution in [-0.4, -0.2) is 54.5 Å². The van der Waals surface area contributed by atoms with E-state index < -0.39 is 0 Å². The Labute approximate surface area is 149 Å². The van der Waals surface area contributed by atoms with Crippen LogP contribution in [-0.2, 0) is 6.54 Å². The van der Waals surface area contributed by atoms with Crippen LogP contribution < -0.4 is 10.6 Å². The summed E-state index contributed by atoms with van der Waals surface area (Å²) < 4.78 is 0. The molecule has 1 amide bonds. The number of aliphatic imine (C=N–C) groups is 1. The molecule has 1 unspecified atom stereocenters. The first-order chi connectivity index (χ1) is 11.7. The standard InChI is InChI=1S/C18H28N4OS/c1-4-16-13-22(10-11-24-16)18(20-5-2)21-12-14-6-8-15(9-7-14)17(23)19-3/h6-9,16H,4-5,10-13H2,1-3H3,(H,19,23)(H,20,21). The van der Waals surface area contributed by atoms with Gasteiger partial charge in [0.25, 0.3) is 5.91 Å². The molecule has 0 aromatic heterocycles. The second-order valence-electron chi connectivity index (χ2n) is 5.79. The number of amides is 1. The van der Waals surface area contributed by atoms with Crippen LogP contribution in [0, 0.1) is 0 Å². The minimum Gasteiger partial charge on any atom is -0.357 e. The molecular formula is C18H28N4OS. The summed E-state index contributed by atoms with van der Waals surface area (Å²) in [6.07, 6.45) is 1.20. The van der Waals surface area contributed by atoms with Gasteiger partial charge in [-0.25, -0.2) is 4.99 Å². The third kappa shape index (κ3) is 5.16. The van der Waals surface area contributed by atoms with Gasteiger partial charge >= 0.3 is 0 Å². The fourth-order valence-corrected chi connectivity index (χ4v) is 3.84. The van der Waals surface area contributed by atoms with Crippen molar-refractivity contribution in [3.63, 3.8) is 0 Å². The average molecular weight is 349 g/mol. The Morgan fingerprint density at radius 3 is 2.71 bits per heavy atom. The van der Waals surface area contributed by atoms with Crippen molar-refractivity contribution in [1.29, 1.82) is 0 Å². The van der Waals surface area contributed by atoms with Gasteiger partial charge in [0.15, 0.2) is 5.96 Å². The van der Waals surface area contributed by atoms with Gasteiger partial charge in [0.1, 0.15) is 0 Å². The number of nitrogens with zero attached hydrogens (tertiary/aromatic N) is 2. The summed E-state index contributed by atoms with van der Waals surface area (Å²) in [6.45, 7) is 7.94. The first kappa shape index (κ1) is 18.6. The predicted octanol–water partition coefficient (Wildman–Crippen LogP) is 2.34. The Kier molecular flexibility index (Phi) is 7.43. The smallest absolute Gasteiger partial charge is 0.251 e. The second-order valence-corrected chi connectivity index (χ2v) is 7.20. The fraction of sp³-hybridized carbons (Fsp3) is 0.556. The molecule has 1 fully saturated rings. The van der Waals surface area contributed by atoms with Gasteiger partial charge < -0.3 is 15.5 Å². The minimum atomic E-state index is -0.0604. The molecule has 1 aliphatic heterocycles. The molecule has 1 aromatic carbocycles. The van der Waals surface area contributed by atoms with Crippen LogP contribution in [0.5, 0.6) is 0 Å². The maximum atomic E-state index is 11.6. The number of rotatable bonds is 5. The molecule has 6 heteroatoms. The molecule has 0 spiro atoms. The summed E-state index contributed by atoms with van der Waals surface area (Å²) in [5, 5.41) is 6.73. The first-order valence-electron chi connectivity index (χ1n) is 8.63. The maximum Gasteiger partial charge on any atom is 0.251 e. The number of hydrogen-bond donors (Lipinski definition) is 2. The van der Waals surface area contributed by atoms with E-state index in [1.54, 1.807) is 7.05 Å². The van der Waals surface area contributed by atoms with E-state index in [1.165, 1.54) is 6.42 Å². The molecule has 0 aliphatic carbocycles. The van der Waals surface area contributed by atoms with Crippen molar-refractivity contribution in [2.75, 3.05) is 32.4 Å².